The lowest BCUT2D eigenvalue weighted by atomic mass is 10.1. The number of rotatable bonds is 3. The van der Waals surface area contributed by atoms with E-state index in [1.807, 2.05) is 0 Å². The summed E-state index contributed by atoms with van der Waals surface area (Å²) in [6.07, 6.45) is 0. The Kier molecular flexibility index (Phi) is 4.14. The summed E-state index contributed by atoms with van der Waals surface area (Å²) in [7, 11) is 1.39. The molecule has 128 valence electrons. The van der Waals surface area contributed by atoms with Crippen LogP contribution >= 0.6 is 0 Å². The van der Waals surface area contributed by atoms with Crippen LogP contribution in [0, 0.1) is 0 Å². The predicted molar refractivity (Wildman–Crippen MR) is 89.2 cm³/mol. The molecule has 0 bridgehead atoms. The molecule has 0 saturated heterocycles. The molecule has 2 aromatic carbocycles. The van der Waals surface area contributed by atoms with E-state index in [2.05, 4.69) is 0 Å². The summed E-state index contributed by atoms with van der Waals surface area (Å²) in [6, 6.07) is 7.36. The largest absolute Gasteiger partial charge is 0.496 e. The van der Waals surface area contributed by atoms with Crippen molar-refractivity contribution in [3.63, 3.8) is 0 Å². The Morgan fingerprint density at radius 1 is 0.920 bits per heavy atom. The zero-order valence-electron chi connectivity index (χ0n) is 13.7. The quantitative estimate of drug-likeness (QED) is 0.410. The van der Waals surface area contributed by atoms with E-state index in [4.69, 9.17) is 18.6 Å². The summed E-state index contributed by atoms with van der Waals surface area (Å²) >= 11 is 0. The van der Waals surface area contributed by atoms with Crippen molar-refractivity contribution >= 4 is 33.9 Å². The SMILES string of the molecule is COc1cc(OC(C)=O)cc2oc3ccc(OC(C)=O)cc3c(=O)c12. The van der Waals surface area contributed by atoms with Gasteiger partial charge in [0, 0.05) is 26.0 Å². The maximum atomic E-state index is 12.9. The average molecular weight is 342 g/mol. The lowest BCUT2D eigenvalue weighted by Gasteiger charge is -2.09. The van der Waals surface area contributed by atoms with E-state index in [0.29, 0.717) is 5.58 Å². The number of hydrogen-bond donors (Lipinski definition) is 0. The summed E-state index contributed by atoms with van der Waals surface area (Å²) in [5.41, 5.74) is 0.167. The summed E-state index contributed by atoms with van der Waals surface area (Å²) in [5.74, 6) is -0.344. The summed E-state index contributed by atoms with van der Waals surface area (Å²) in [6.45, 7) is 2.54. The Balaban J connectivity index is 2.30. The van der Waals surface area contributed by atoms with Gasteiger partial charge in [0.15, 0.2) is 0 Å². The Morgan fingerprint density at radius 3 is 2.24 bits per heavy atom. The van der Waals surface area contributed by atoms with Crippen LogP contribution in [0.3, 0.4) is 0 Å². The second-order valence-electron chi connectivity index (χ2n) is 5.28. The number of benzene rings is 2. The van der Waals surface area contributed by atoms with Crippen molar-refractivity contribution in [2.24, 2.45) is 0 Å². The molecule has 3 aromatic rings. The molecule has 0 spiro atoms. The van der Waals surface area contributed by atoms with Crippen LogP contribution < -0.4 is 19.6 Å². The zero-order chi connectivity index (χ0) is 18.1. The van der Waals surface area contributed by atoms with E-state index in [-0.39, 0.29) is 39.0 Å². The van der Waals surface area contributed by atoms with E-state index in [1.165, 1.54) is 51.3 Å². The van der Waals surface area contributed by atoms with E-state index < -0.39 is 11.9 Å². The molecule has 0 amide bonds. The first-order valence-corrected chi connectivity index (χ1v) is 7.34. The van der Waals surface area contributed by atoms with Gasteiger partial charge in [0.1, 0.15) is 33.8 Å². The van der Waals surface area contributed by atoms with E-state index >= 15 is 0 Å². The van der Waals surface area contributed by atoms with Crippen LogP contribution in [0.15, 0.2) is 39.5 Å². The van der Waals surface area contributed by atoms with Gasteiger partial charge < -0.3 is 18.6 Å². The molecule has 0 aliphatic carbocycles. The predicted octanol–water partition coefficient (Wildman–Crippen LogP) is 2.81. The molecular formula is C18H14O7. The van der Waals surface area contributed by atoms with Crippen molar-refractivity contribution in [1.82, 2.24) is 0 Å². The molecule has 0 aliphatic rings. The third-order valence-corrected chi connectivity index (χ3v) is 3.43. The normalized spacial score (nSPS) is 10.7. The minimum absolute atomic E-state index is 0.200. The maximum absolute atomic E-state index is 12.9. The highest BCUT2D eigenvalue weighted by atomic mass is 16.5. The molecule has 0 N–H and O–H groups in total. The van der Waals surface area contributed by atoms with E-state index in [1.54, 1.807) is 0 Å². The number of ether oxygens (including phenoxy) is 3. The lowest BCUT2D eigenvalue weighted by molar-refractivity contribution is -0.132. The van der Waals surface area contributed by atoms with E-state index in [0.717, 1.165) is 0 Å². The van der Waals surface area contributed by atoms with Gasteiger partial charge in [0.2, 0.25) is 5.43 Å². The standard InChI is InChI=1S/C18H14O7/c1-9(19)23-11-4-5-14-13(6-11)18(21)17-15(22-3)7-12(24-10(2)20)8-16(17)25-14/h4-8H,1-3H3. The fourth-order valence-electron chi connectivity index (χ4n) is 2.51. The van der Waals surface area contributed by atoms with Crippen molar-refractivity contribution in [1.29, 1.82) is 0 Å². The van der Waals surface area contributed by atoms with Gasteiger partial charge in [-0.25, -0.2) is 0 Å². The van der Waals surface area contributed by atoms with Gasteiger partial charge in [-0.05, 0) is 18.2 Å². The molecule has 0 fully saturated rings. The van der Waals surface area contributed by atoms with Crippen LogP contribution in [0.5, 0.6) is 17.2 Å². The first-order chi connectivity index (χ1) is 11.9. The van der Waals surface area contributed by atoms with Gasteiger partial charge in [-0.15, -0.1) is 0 Å². The highest BCUT2D eigenvalue weighted by Gasteiger charge is 2.16. The third kappa shape index (κ3) is 3.16. The second-order valence-corrected chi connectivity index (χ2v) is 5.28. The molecule has 7 nitrogen and oxygen atoms in total. The summed E-state index contributed by atoms with van der Waals surface area (Å²) < 4.78 is 21.0. The topological polar surface area (TPSA) is 92.0 Å². The number of hydrogen-bond acceptors (Lipinski definition) is 7. The molecule has 0 radical (unpaired) electrons. The molecule has 3 rings (SSSR count). The van der Waals surface area contributed by atoms with Gasteiger partial charge in [-0.1, -0.05) is 0 Å². The van der Waals surface area contributed by atoms with Crippen LogP contribution in [-0.4, -0.2) is 19.0 Å². The Hall–Kier alpha value is -3.35. The lowest BCUT2D eigenvalue weighted by Crippen LogP contribution is -2.07. The fourth-order valence-corrected chi connectivity index (χ4v) is 2.51. The minimum Gasteiger partial charge on any atom is -0.496 e. The van der Waals surface area contributed by atoms with Crippen LogP contribution in [0.2, 0.25) is 0 Å². The third-order valence-electron chi connectivity index (χ3n) is 3.43. The fraction of sp³-hybridized carbons (Fsp3) is 0.167. The number of carbonyl (C=O) groups is 2. The molecule has 0 saturated carbocycles. The monoisotopic (exact) mass is 342 g/mol. The van der Waals surface area contributed by atoms with Crippen molar-refractivity contribution in [3.05, 3.63) is 40.6 Å². The first-order valence-electron chi connectivity index (χ1n) is 7.34. The van der Waals surface area contributed by atoms with Crippen molar-refractivity contribution in [2.45, 2.75) is 13.8 Å². The van der Waals surface area contributed by atoms with Crippen LogP contribution in [-0.2, 0) is 9.59 Å². The van der Waals surface area contributed by atoms with Gasteiger partial charge in [0.05, 0.1) is 12.5 Å². The number of methoxy groups -OCH3 is 1. The molecule has 0 unspecified atom stereocenters. The van der Waals surface area contributed by atoms with Crippen molar-refractivity contribution in [2.75, 3.05) is 7.11 Å². The second kappa shape index (κ2) is 6.27. The molecule has 1 heterocycles. The molecule has 0 aliphatic heterocycles. The molecule has 7 heteroatoms. The zero-order valence-corrected chi connectivity index (χ0v) is 13.7. The van der Waals surface area contributed by atoms with Crippen molar-refractivity contribution in [3.8, 4) is 17.2 Å². The number of fused-ring (bicyclic) bond motifs is 2. The Labute approximate surface area is 141 Å². The molecule has 25 heavy (non-hydrogen) atoms. The molecular weight excluding hydrogens is 328 g/mol. The van der Waals surface area contributed by atoms with Gasteiger partial charge in [-0.3, -0.25) is 14.4 Å². The number of esters is 2. The first kappa shape index (κ1) is 16.5. The smallest absolute Gasteiger partial charge is 0.308 e. The number of carbonyl (C=O) groups excluding carboxylic acids is 2. The van der Waals surface area contributed by atoms with Gasteiger partial charge in [-0.2, -0.15) is 0 Å². The maximum Gasteiger partial charge on any atom is 0.308 e. The van der Waals surface area contributed by atoms with Crippen molar-refractivity contribution < 1.29 is 28.2 Å². The molecule has 1 aromatic heterocycles. The summed E-state index contributed by atoms with van der Waals surface area (Å²) in [5, 5.41) is 0.440. The summed E-state index contributed by atoms with van der Waals surface area (Å²) in [4.78, 5) is 35.1. The van der Waals surface area contributed by atoms with Crippen LogP contribution in [0.4, 0.5) is 0 Å². The van der Waals surface area contributed by atoms with Crippen LogP contribution in [0.25, 0.3) is 21.9 Å². The molecule has 0 atom stereocenters. The van der Waals surface area contributed by atoms with E-state index in [9.17, 15) is 14.4 Å². The van der Waals surface area contributed by atoms with Gasteiger partial charge >= 0.3 is 11.9 Å². The highest BCUT2D eigenvalue weighted by Crippen LogP contribution is 2.32. The minimum atomic E-state index is -0.504. The highest BCUT2D eigenvalue weighted by molar-refractivity contribution is 5.95. The average Bonchev–Trinajstić information content (AvgIpc) is 2.53. The Morgan fingerprint density at radius 2 is 1.60 bits per heavy atom. The van der Waals surface area contributed by atoms with Crippen LogP contribution in [0.1, 0.15) is 13.8 Å². The van der Waals surface area contributed by atoms with Gasteiger partial charge in [0.25, 0.3) is 0 Å². The Bertz CT molecular complexity index is 1060.